The molecule has 0 spiro atoms. The van der Waals surface area contributed by atoms with Crippen LogP contribution in [0.15, 0.2) is 14.3 Å². The third-order valence-electron chi connectivity index (χ3n) is 2.72. The third-order valence-corrected chi connectivity index (χ3v) is 3.10. The second-order valence-corrected chi connectivity index (χ2v) is 5.08. The number of aryl methyl sites for hydroxylation is 1. The number of rotatable bonds is 3. The van der Waals surface area contributed by atoms with Crippen molar-refractivity contribution in [1.29, 1.82) is 0 Å². The Morgan fingerprint density at radius 1 is 1.39 bits per heavy atom. The van der Waals surface area contributed by atoms with Crippen LogP contribution < -0.4 is 11.2 Å². The van der Waals surface area contributed by atoms with Gasteiger partial charge in [-0.3, -0.25) is 13.9 Å². The van der Waals surface area contributed by atoms with E-state index in [1.807, 2.05) is 19.0 Å². The average Bonchev–Trinajstić information content (AvgIpc) is 2.68. The molecule has 2 heterocycles. The minimum Gasteiger partial charge on any atom is -0.327 e. The Balaban J connectivity index is 2.67. The van der Waals surface area contributed by atoms with E-state index in [0.29, 0.717) is 29.0 Å². The first-order chi connectivity index (χ1) is 8.41. The molecule has 0 amide bonds. The molecule has 1 N–H and O–H groups in total. The Morgan fingerprint density at radius 3 is 2.67 bits per heavy atom. The molecule has 8 heteroatoms. The lowest BCUT2D eigenvalue weighted by Crippen LogP contribution is -2.41. The highest BCUT2D eigenvalue weighted by atomic mass is 79.9. The van der Waals surface area contributed by atoms with Gasteiger partial charge in [0.05, 0.1) is 0 Å². The van der Waals surface area contributed by atoms with Gasteiger partial charge in [0.2, 0.25) is 0 Å². The second-order valence-electron chi connectivity index (χ2n) is 4.33. The number of nitrogens with zero attached hydrogens (tertiary/aromatic N) is 4. The number of halogens is 1. The number of hydrogen-bond donors (Lipinski definition) is 1. The second kappa shape index (κ2) is 4.69. The van der Waals surface area contributed by atoms with E-state index in [-0.39, 0.29) is 11.2 Å². The molecule has 0 aliphatic carbocycles. The van der Waals surface area contributed by atoms with Crippen LogP contribution >= 0.6 is 15.9 Å². The van der Waals surface area contributed by atoms with Crippen molar-refractivity contribution in [3.63, 3.8) is 0 Å². The summed E-state index contributed by atoms with van der Waals surface area (Å²) >= 11 is 3.17. The number of aromatic nitrogens is 4. The van der Waals surface area contributed by atoms with Gasteiger partial charge in [0.1, 0.15) is 0 Å². The summed E-state index contributed by atoms with van der Waals surface area (Å²) in [4.78, 5) is 33.0. The molecular formula is C10H14BrN5O2. The van der Waals surface area contributed by atoms with Crippen LogP contribution in [0.1, 0.15) is 0 Å². The van der Waals surface area contributed by atoms with Crippen molar-refractivity contribution in [2.75, 3.05) is 20.6 Å². The van der Waals surface area contributed by atoms with Gasteiger partial charge < -0.3 is 9.88 Å². The van der Waals surface area contributed by atoms with Gasteiger partial charge in [0.15, 0.2) is 15.9 Å². The van der Waals surface area contributed by atoms with Gasteiger partial charge >= 0.3 is 5.69 Å². The zero-order chi connectivity index (χ0) is 13.4. The zero-order valence-electron chi connectivity index (χ0n) is 10.4. The zero-order valence-corrected chi connectivity index (χ0v) is 12.0. The molecule has 0 fully saturated rings. The van der Waals surface area contributed by atoms with Crippen molar-refractivity contribution in [2.45, 2.75) is 6.54 Å². The Bertz CT molecular complexity index is 697. The van der Waals surface area contributed by atoms with Crippen molar-refractivity contribution >= 4 is 27.1 Å². The van der Waals surface area contributed by atoms with Crippen molar-refractivity contribution in [3.8, 4) is 0 Å². The smallest absolute Gasteiger partial charge is 0.327 e. The van der Waals surface area contributed by atoms with Gasteiger partial charge in [-0.05, 0) is 30.0 Å². The standard InChI is InChI=1S/C10H14BrN5O2/c1-14(2)4-5-16-8(17)6-7(13-9(11)12-6)15(3)10(16)18/h4-5H2,1-3H3,(H,12,13). The van der Waals surface area contributed by atoms with E-state index < -0.39 is 0 Å². The summed E-state index contributed by atoms with van der Waals surface area (Å²) in [6.45, 7) is 0.973. The number of aromatic amines is 1. The molecule has 0 saturated heterocycles. The monoisotopic (exact) mass is 315 g/mol. The van der Waals surface area contributed by atoms with Crippen molar-refractivity contribution in [2.24, 2.45) is 7.05 Å². The van der Waals surface area contributed by atoms with Crippen LogP contribution in [0.3, 0.4) is 0 Å². The van der Waals surface area contributed by atoms with E-state index in [9.17, 15) is 9.59 Å². The number of fused-ring (bicyclic) bond motifs is 1. The molecule has 7 nitrogen and oxygen atoms in total. The number of imidazole rings is 1. The first kappa shape index (κ1) is 13.0. The molecule has 0 aliphatic heterocycles. The Kier molecular flexibility index (Phi) is 3.40. The van der Waals surface area contributed by atoms with E-state index in [1.54, 1.807) is 7.05 Å². The van der Waals surface area contributed by atoms with E-state index in [0.717, 1.165) is 0 Å². The maximum Gasteiger partial charge on any atom is 0.332 e. The maximum atomic E-state index is 12.2. The first-order valence-electron chi connectivity index (χ1n) is 5.41. The summed E-state index contributed by atoms with van der Waals surface area (Å²) in [6, 6.07) is 0. The largest absolute Gasteiger partial charge is 0.332 e. The SMILES string of the molecule is CN(C)CCn1c(=O)c2[nH]c(Br)nc2n(C)c1=O. The molecule has 0 unspecified atom stereocenters. The van der Waals surface area contributed by atoms with Crippen LogP contribution in [0, 0.1) is 0 Å². The highest BCUT2D eigenvalue weighted by Gasteiger charge is 2.14. The third kappa shape index (κ3) is 2.13. The predicted octanol–water partition coefficient (Wildman–Crippen LogP) is -0.253. The Morgan fingerprint density at radius 2 is 2.06 bits per heavy atom. The van der Waals surface area contributed by atoms with Crippen LogP contribution in [0.4, 0.5) is 0 Å². The van der Waals surface area contributed by atoms with Crippen LogP contribution in [0.5, 0.6) is 0 Å². The minimum atomic E-state index is -0.353. The van der Waals surface area contributed by atoms with Gasteiger partial charge in [-0.1, -0.05) is 0 Å². The van der Waals surface area contributed by atoms with Gasteiger partial charge in [0, 0.05) is 20.1 Å². The van der Waals surface area contributed by atoms with Crippen molar-refractivity contribution in [1.82, 2.24) is 24.0 Å². The molecule has 98 valence electrons. The molecule has 2 rings (SSSR count). The van der Waals surface area contributed by atoms with Crippen molar-refractivity contribution < 1.29 is 0 Å². The predicted molar refractivity (Wildman–Crippen MR) is 71.8 cm³/mol. The molecule has 2 aromatic rings. The molecule has 0 atom stereocenters. The number of likely N-dealkylation sites (N-methyl/N-ethyl adjacent to an activating group) is 1. The van der Waals surface area contributed by atoms with Crippen LogP contribution in [0.2, 0.25) is 0 Å². The lowest BCUT2D eigenvalue weighted by molar-refractivity contribution is 0.375. The summed E-state index contributed by atoms with van der Waals surface area (Å²) in [7, 11) is 5.38. The van der Waals surface area contributed by atoms with Crippen LogP contribution in [0.25, 0.3) is 11.2 Å². The molecule has 18 heavy (non-hydrogen) atoms. The van der Waals surface area contributed by atoms with Gasteiger partial charge in [0.25, 0.3) is 5.56 Å². The average molecular weight is 316 g/mol. The Labute approximate surface area is 111 Å². The highest BCUT2D eigenvalue weighted by Crippen LogP contribution is 2.08. The minimum absolute atomic E-state index is 0.336. The summed E-state index contributed by atoms with van der Waals surface area (Å²) in [5, 5.41) is 0. The van der Waals surface area contributed by atoms with Gasteiger partial charge in [-0.15, -0.1) is 0 Å². The van der Waals surface area contributed by atoms with E-state index in [4.69, 9.17) is 0 Å². The molecule has 0 aliphatic rings. The number of hydrogen-bond acceptors (Lipinski definition) is 4. The fraction of sp³-hybridized carbons (Fsp3) is 0.500. The van der Waals surface area contributed by atoms with Crippen molar-refractivity contribution in [3.05, 3.63) is 25.6 Å². The fourth-order valence-corrected chi connectivity index (χ4v) is 2.08. The van der Waals surface area contributed by atoms with E-state index in [2.05, 4.69) is 25.9 Å². The molecule has 0 bridgehead atoms. The summed E-state index contributed by atoms with van der Waals surface area (Å²) in [5.74, 6) is 0. The summed E-state index contributed by atoms with van der Waals surface area (Å²) in [6.07, 6.45) is 0. The molecule has 0 saturated carbocycles. The quantitative estimate of drug-likeness (QED) is 0.792. The lowest BCUT2D eigenvalue weighted by Gasteiger charge is -2.11. The van der Waals surface area contributed by atoms with Crippen LogP contribution in [-0.2, 0) is 13.6 Å². The van der Waals surface area contributed by atoms with E-state index in [1.165, 1.54) is 9.13 Å². The number of H-pyrrole nitrogens is 1. The molecule has 0 radical (unpaired) electrons. The first-order valence-corrected chi connectivity index (χ1v) is 6.21. The maximum absolute atomic E-state index is 12.2. The highest BCUT2D eigenvalue weighted by molar-refractivity contribution is 9.10. The topological polar surface area (TPSA) is 75.9 Å². The normalized spacial score (nSPS) is 11.6. The van der Waals surface area contributed by atoms with E-state index >= 15 is 0 Å². The van der Waals surface area contributed by atoms with Crippen LogP contribution in [-0.4, -0.2) is 44.6 Å². The summed E-state index contributed by atoms with van der Waals surface area (Å²) < 4.78 is 3.02. The Hall–Kier alpha value is -1.41. The molecule has 2 aromatic heterocycles. The van der Waals surface area contributed by atoms with Gasteiger partial charge in [-0.25, -0.2) is 9.78 Å². The molecule has 0 aromatic carbocycles. The fourth-order valence-electron chi connectivity index (χ4n) is 1.72. The summed E-state index contributed by atoms with van der Waals surface area (Å²) in [5.41, 5.74) is 0.00205. The molecular weight excluding hydrogens is 302 g/mol. The van der Waals surface area contributed by atoms with Gasteiger partial charge in [-0.2, -0.15) is 0 Å². The number of nitrogens with one attached hydrogen (secondary N) is 1. The lowest BCUT2D eigenvalue weighted by atomic mass is 10.5.